The molecule has 0 saturated carbocycles. The van der Waals surface area contributed by atoms with Gasteiger partial charge < -0.3 is 19.9 Å². The molecule has 2 N–H and O–H groups in total. The molecule has 0 radical (unpaired) electrons. The molecule has 0 saturated heterocycles. The van der Waals surface area contributed by atoms with Crippen LogP contribution in [0.25, 0.3) is 0 Å². The number of nitrogens with one attached hydrogen (secondary N) is 1. The van der Waals surface area contributed by atoms with Gasteiger partial charge in [0.1, 0.15) is 23.8 Å². The number of nitrogens with zero attached hydrogens (tertiary/aromatic N) is 1. The summed E-state index contributed by atoms with van der Waals surface area (Å²) >= 11 is 0. The highest BCUT2D eigenvalue weighted by atomic mass is 16.5. The average Bonchev–Trinajstić information content (AvgIpc) is 2.77. The minimum atomic E-state index is -1.14. The molecule has 0 atom stereocenters. The maximum absolute atomic E-state index is 12.5. The van der Waals surface area contributed by atoms with Crippen molar-refractivity contribution in [2.45, 2.75) is 0 Å². The Kier molecular flexibility index (Phi) is 5.53. The number of fused-ring (bicyclic) bond motifs is 1. The molecule has 8 heteroatoms. The molecule has 0 spiro atoms. The van der Waals surface area contributed by atoms with Gasteiger partial charge in [0, 0.05) is 5.69 Å². The maximum Gasteiger partial charge on any atom is 0.335 e. The Labute approximate surface area is 177 Å². The van der Waals surface area contributed by atoms with Crippen molar-refractivity contribution in [3.05, 3.63) is 78.4 Å². The average molecular weight is 418 g/mol. The summed E-state index contributed by atoms with van der Waals surface area (Å²) in [5, 5.41) is 11.9. The highest BCUT2D eigenvalue weighted by molar-refractivity contribution is 6.05. The number of anilines is 2. The van der Waals surface area contributed by atoms with Crippen LogP contribution in [0.15, 0.2) is 72.8 Å². The van der Waals surface area contributed by atoms with E-state index < -0.39 is 17.8 Å². The molecule has 0 bridgehead atoms. The number of carbonyl (C=O) groups is 3. The van der Waals surface area contributed by atoms with Crippen molar-refractivity contribution in [1.82, 2.24) is 0 Å². The van der Waals surface area contributed by atoms with E-state index in [9.17, 15) is 19.5 Å². The zero-order valence-electron chi connectivity index (χ0n) is 16.3. The van der Waals surface area contributed by atoms with Crippen LogP contribution in [0.4, 0.5) is 11.4 Å². The van der Waals surface area contributed by atoms with Crippen molar-refractivity contribution >= 4 is 29.2 Å². The largest absolute Gasteiger partial charge is 0.482 e. The molecule has 1 aliphatic rings. The van der Waals surface area contributed by atoms with Crippen molar-refractivity contribution in [3.63, 3.8) is 0 Å². The Morgan fingerprint density at radius 3 is 2.42 bits per heavy atom. The molecule has 0 aliphatic carbocycles. The fraction of sp³-hybridized carbons (Fsp3) is 0.0870. The van der Waals surface area contributed by atoms with Crippen LogP contribution in [0, 0.1) is 0 Å². The summed E-state index contributed by atoms with van der Waals surface area (Å²) in [5.41, 5.74) is 0.778. The van der Waals surface area contributed by atoms with E-state index in [1.165, 1.54) is 23.1 Å². The van der Waals surface area contributed by atoms with Gasteiger partial charge in [-0.3, -0.25) is 14.5 Å². The lowest BCUT2D eigenvalue weighted by atomic mass is 10.1. The standard InChI is InChI=1S/C23H18N2O6/c26-21(24-16-7-9-18(10-8-16)31-17-4-2-1-3-5-17)13-25-19-12-15(23(28)29)6-11-20(19)30-14-22(25)27/h1-12H,13-14H2,(H,24,26)(H,28,29). The molecule has 0 aromatic heterocycles. The van der Waals surface area contributed by atoms with E-state index in [0.717, 1.165) is 0 Å². The van der Waals surface area contributed by atoms with E-state index in [1.807, 2.05) is 30.3 Å². The summed E-state index contributed by atoms with van der Waals surface area (Å²) in [4.78, 5) is 37.3. The number of carboxylic acid groups (broad SMARTS) is 1. The molecule has 156 valence electrons. The molecule has 1 heterocycles. The third-order valence-corrected chi connectivity index (χ3v) is 4.57. The molecule has 0 unspecified atom stereocenters. The second kappa shape index (κ2) is 8.58. The minimum absolute atomic E-state index is 0.00327. The molecule has 8 nitrogen and oxygen atoms in total. The van der Waals surface area contributed by atoms with Gasteiger partial charge in [0.2, 0.25) is 5.91 Å². The molecule has 4 rings (SSSR count). The first-order valence-corrected chi connectivity index (χ1v) is 9.43. The first-order valence-electron chi connectivity index (χ1n) is 9.43. The lowest BCUT2D eigenvalue weighted by molar-refractivity contribution is -0.123. The SMILES string of the molecule is O=C(CN1C(=O)COc2ccc(C(=O)O)cc21)Nc1ccc(Oc2ccccc2)cc1. The second-order valence-corrected chi connectivity index (χ2v) is 6.74. The first kappa shape index (κ1) is 20.0. The van der Waals surface area contributed by atoms with E-state index in [0.29, 0.717) is 22.9 Å². The molecule has 1 aliphatic heterocycles. The Bertz CT molecular complexity index is 1130. The second-order valence-electron chi connectivity index (χ2n) is 6.74. The summed E-state index contributed by atoms with van der Waals surface area (Å²) < 4.78 is 11.0. The van der Waals surface area contributed by atoms with Crippen molar-refractivity contribution in [2.24, 2.45) is 0 Å². The molecule has 3 aromatic carbocycles. The van der Waals surface area contributed by atoms with Gasteiger partial charge in [-0.05, 0) is 54.6 Å². The Hall–Kier alpha value is -4.33. The third kappa shape index (κ3) is 4.64. The van der Waals surface area contributed by atoms with E-state index in [1.54, 1.807) is 24.3 Å². The normalized spacial score (nSPS) is 12.5. The molecule has 3 aromatic rings. The zero-order valence-corrected chi connectivity index (χ0v) is 16.3. The molecule has 2 amide bonds. The van der Waals surface area contributed by atoms with Crippen LogP contribution < -0.4 is 19.7 Å². The number of carboxylic acids is 1. The lowest BCUT2D eigenvalue weighted by Crippen LogP contribution is -2.43. The van der Waals surface area contributed by atoms with Gasteiger partial charge >= 0.3 is 5.97 Å². The number of rotatable bonds is 6. The molecular weight excluding hydrogens is 400 g/mol. The summed E-state index contributed by atoms with van der Waals surface area (Å²) in [6, 6.07) is 20.3. The highest BCUT2D eigenvalue weighted by Crippen LogP contribution is 2.33. The number of amides is 2. The number of hydrogen-bond acceptors (Lipinski definition) is 5. The fourth-order valence-electron chi connectivity index (χ4n) is 3.08. The van der Waals surface area contributed by atoms with Crippen molar-refractivity contribution in [2.75, 3.05) is 23.4 Å². The van der Waals surface area contributed by atoms with Crippen LogP contribution in [0.5, 0.6) is 17.2 Å². The van der Waals surface area contributed by atoms with E-state index in [4.69, 9.17) is 9.47 Å². The summed E-state index contributed by atoms with van der Waals surface area (Å²) in [7, 11) is 0. The van der Waals surface area contributed by atoms with Crippen LogP contribution in [0.1, 0.15) is 10.4 Å². The van der Waals surface area contributed by atoms with Crippen LogP contribution in [-0.2, 0) is 9.59 Å². The molecule has 31 heavy (non-hydrogen) atoms. The maximum atomic E-state index is 12.5. The topological polar surface area (TPSA) is 105 Å². The van der Waals surface area contributed by atoms with E-state index >= 15 is 0 Å². The lowest BCUT2D eigenvalue weighted by Gasteiger charge is -2.29. The summed E-state index contributed by atoms with van der Waals surface area (Å²) in [6.07, 6.45) is 0. The molecular formula is C23H18N2O6. The van der Waals surface area contributed by atoms with Gasteiger partial charge in [-0.25, -0.2) is 4.79 Å². The smallest absolute Gasteiger partial charge is 0.335 e. The Balaban J connectivity index is 1.43. The number of hydrogen-bond donors (Lipinski definition) is 2. The number of benzene rings is 3. The zero-order chi connectivity index (χ0) is 21.8. The Morgan fingerprint density at radius 2 is 1.71 bits per heavy atom. The molecule has 0 fully saturated rings. The van der Waals surface area contributed by atoms with E-state index in [-0.39, 0.29) is 24.4 Å². The summed E-state index contributed by atoms with van der Waals surface area (Å²) in [5.74, 6) is -0.342. The van der Waals surface area contributed by atoms with Gasteiger partial charge in [0.15, 0.2) is 6.61 Å². The first-order chi connectivity index (χ1) is 15.0. The van der Waals surface area contributed by atoms with Gasteiger partial charge in [0.05, 0.1) is 11.3 Å². The van der Waals surface area contributed by atoms with E-state index in [2.05, 4.69) is 5.32 Å². The quantitative estimate of drug-likeness (QED) is 0.634. The van der Waals surface area contributed by atoms with Crippen molar-refractivity contribution in [1.29, 1.82) is 0 Å². The van der Waals surface area contributed by atoms with Crippen LogP contribution in [0.3, 0.4) is 0 Å². The number of aromatic carboxylic acids is 1. The van der Waals surface area contributed by atoms with Crippen molar-refractivity contribution < 1.29 is 29.0 Å². The predicted molar refractivity (Wildman–Crippen MR) is 113 cm³/mol. The van der Waals surface area contributed by atoms with Crippen LogP contribution in [0.2, 0.25) is 0 Å². The minimum Gasteiger partial charge on any atom is -0.482 e. The van der Waals surface area contributed by atoms with Gasteiger partial charge in [-0.1, -0.05) is 18.2 Å². The van der Waals surface area contributed by atoms with Gasteiger partial charge in [0.25, 0.3) is 5.91 Å². The number of para-hydroxylation sites is 1. The monoisotopic (exact) mass is 418 g/mol. The predicted octanol–water partition coefficient (Wildman–Crippen LogP) is 3.54. The van der Waals surface area contributed by atoms with Gasteiger partial charge in [-0.2, -0.15) is 0 Å². The fourth-order valence-corrected chi connectivity index (χ4v) is 3.08. The van der Waals surface area contributed by atoms with Crippen LogP contribution >= 0.6 is 0 Å². The van der Waals surface area contributed by atoms with Crippen LogP contribution in [-0.4, -0.2) is 36.0 Å². The summed E-state index contributed by atoms with van der Waals surface area (Å²) in [6.45, 7) is -0.501. The Morgan fingerprint density at radius 1 is 1.00 bits per heavy atom. The number of carbonyl (C=O) groups excluding carboxylic acids is 2. The van der Waals surface area contributed by atoms with Gasteiger partial charge in [-0.15, -0.1) is 0 Å². The number of ether oxygens (including phenoxy) is 2. The van der Waals surface area contributed by atoms with Crippen molar-refractivity contribution in [3.8, 4) is 17.2 Å². The third-order valence-electron chi connectivity index (χ3n) is 4.57. The highest BCUT2D eigenvalue weighted by Gasteiger charge is 2.28.